The first-order chi connectivity index (χ1) is 10.1. The summed E-state index contributed by atoms with van der Waals surface area (Å²) < 4.78 is 5.08. The zero-order valence-electron chi connectivity index (χ0n) is 13.3. The van der Waals surface area contributed by atoms with Crippen LogP contribution in [0.25, 0.3) is 0 Å². The molecule has 116 valence electrons. The minimum absolute atomic E-state index is 0.219. The number of carbonyl (C=O) groups excluding carboxylic acids is 1. The molecular weight excluding hydrogens is 264 g/mol. The number of methoxy groups -OCH3 is 1. The summed E-state index contributed by atoms with van der Waals surface area (Å²) in [6, 6.07) is 9.86. The topological polar surface area (TPSA) is 41.6 Å². The van der Waals surface area contributed by atoms with E-state index in [4.69, 9.17) is 4.74 Å². The van der Waals surface area contributed by atoms with Gasteiger partial charge in [0.1, 0.15) is 5.54 Å². The van der Waals surface area contributed by atoms with Crippen LogP contribution < -0.4 is 5.32 Å². The second-order valence-electron chi connectivity index (χ2n) is 5.96. The Balaban J connectivity index is 2.17. The standard InChI is InChI=1S/C17H26N2O2/c1-14-9-11-19(13-14)12-10-17(18-2,16(20)21-3)15-7-5-4-6-8-15/h4-8,14,18H,9-13H2,1-3H3. The number of benzene rings is 1. The maximum absolute atomic E-state index is 12.4. The summed E-state index contributed by atoms with van der Waals surface area (Å²) in [5.74, 6) is 0.535. The molecule has 2 unspecified atom stereocenters. The van der Waals surface area contributed by atoms with Crippen molar-refractivity contribution in [2.75, 3.05) is 33.8 Å². The highest BCUT2D eigenvalue weighted by Gasteiger charge is 2.40. The van der Waals surface area contributed by atoms with Crippen molar-refractivity contribution in [3.05, 3.63) is 35.9 Å². The van der Waals surface area contributed by atoms with Crippen LogP contribution in [-0.4, -0.2) is 44.7 Å². The number of nitrogens with zero attached hydrogens (tertiary/aromatic N) is 1. The van der Waals surface area contributed by atoms with Crippen LogP contribution in [0.2, 0.25) is 0 Å². The van der Waals surface area contributed by atoms with Crippen molar-refractivity contribution >= 4 is 5.97 Å². The largest absolute Gasteiger partial charge is 0.467 e. The molecule has 1 aliphatic heterocycles. The van der Waals surface area contributed by atoms with Crippen molar-refractivity contribution in [3.8, 4) is 0 Å². The lowest BCUT2D eigenvalue weighted by Gasteiger charge is -2.32. The molecule has 2 rings (SSSR count). The van der Waals surface area contributed by atoms with Gasteiger partial charge in [0.25, 0.3) is 0 Å². The first-order valence-corrected chi connectivity index (χ1v) is 7.67. The van der Waals surface area contributed by atoms with Gasteiger partial charge in [0, 0.05) is 13.1 Å². The Morgan fingerprint density at radius 3 is 2.67 bits per heavy atom. The highest BCUT2D eigenvalue weighted by atomic mass is 16.5. The van der Waals surface area contributed by atoms with Gasteiger partial charge in [0.05, 0.1) is 7.11 Å². The molecule has 1 N–H and O–H groups in total. The van der Waals surface area contributed by atoms with Crippen LogP contribution in [0.5, 0.6) is 0 Å². The van der Waals surface area contributed by atoms with Gasteiger partial charge < -0.3 is 15.0 Å². The number of likely N-dealkylation sites (tertiary alicyclic amines) is 1. The van der Waals surface area contributed by atoms with Gasteiger partial charge in [0.2, 0.25) is 0 Å². The number of esters is 1. The van der Waals surface area contributed by atoms with Crippen molar-refractivity contribution in [1.82, 2.24) is 10.2 Å². The van der Waals surface area contributed by atoms with Gasteiger partial charge in [-0.1, -0.05) is 37.3 Å². The Morgan fingerprint density at radius 1 is 1.43 bits per heavy atom. The lowest BCUT2D eigenvalue weighted by molar-refractivity contribution is -0.149. The normalized spacial score (nSPS) is 22.0. The molecule has 0 spiro atoms. The molecule has 4 nitrogen and oxygen atoms in total. The van der Waals surface area contributed by atoms with E-state index in [2.05, 4.69) is 17.1 Å². The van der Waals surface area contributed by atoms with Crippen LogP contribution in [0.1, 0.15) is 25.3 Å². The second kappa shape index (κ2) is 7.05. The first kappa shape index (κ1) is 16.0. The molecule has 0 saturated carbocycles. The van der Waals surface area contributed by atoms with Crippen LogP contribution in [0.3, 0.4) is 0 Å². The molecule has 0 aromatic heterocycles. The molecule has 2 atom stereocenters. The average molecular weight is 290 g/mol. The lowest BCUT2D eigenvalue weighted by atomic mass is 9.86. The van der Waals surface area contributed by atoms with Crippen molar-refractivity contribution in [2.24, 2.45) is 5.92 Å². The fraction of sp³-hybridized carbons (Fsp3) is 0.588. The Kier molecular flexibility index (Phi) is 5.37. The molecule has 0 bridgehead atoms. The number of ether oxygens (including phenoxy) is 1. The van der Waals surface area contributed by atoms with Gasteiger partial charge in [-0.3, -0.25) is 0 Å². The predicted octanol–water partition coefficient (Wildman–Crippen LogP) is 2.01. The lowest BCUT2D eigenvalue weighted by Crippen LogP contribution is -2.50. The van der Waals surface area contributed by atoms with Gasteiger partial charge in [-0.05, 0) is 37.9 Å². The average Bonchev–Trinajstić information content (AvgIpc) is 2.94. The van der Waals surface area contributed by atoms with Crippen LogP contribution >= 0.6 is 0 Å². The van der Waals surface area contributed by atoms with E-state index in [9.17, 15) is 4.79 Å². The van der Waals surface area contributed by atoms with Crippen molar-refractivity contribution in [1.29, 1.82) is 0 Å². The van der Waals surface area contributed by atoms with Gasteiger partial charge in [0.15, 0.2) is 0 Å². The molecule has 4 heteroatoms. The molecule has 21 heavy (non-hydrogen) atoms. The smallest absolute Gasteiger partial charge is 0.330 e. The van der Waals surface area contributed by atoms with E-state index in [-0.39, 0.29) is 5.97 Å². The quantitative estimate of drug-likeness (QED) is 0.814. The summed E-state index contributed by atoms with van der Waals surface area (Å²) >= 11 is 0. The molecule has 0 aliphatic carbocycles. The van der Waals surface area contributed by atoms with E-state index >= 15 is 0 Å². The molecule has 1 fully saturated rings. The molecule has 1 saturated heterocycles. The first-order valence-electron chi connectivity index (χ1n) is 7.67. The monoisotopic (exact) mass is 290 g/mol. The zero-order valence-corrected chi connectivity index (χ0v) is 13.3. The Morgan fingerprint density at radius 2 is 2.14 bits per heavy atom. The second-order valence-corrected chi connectivity index (χ2v) is 5.96. The fourth-order valence-corrected chi connectivity index (χ4v) is 3.19. The summed E-state index contributed by atoms with van der Waals surface area (Å²) in [6.07, 6.45) is 1.96. The zero-order chi connectivity index (χ0) is 15.3. The predicted molar refractivity (Wildman–Crippen MR) is 84.0 cm³/mol. The third-order valence-corrected chi connectivity index (χ3v) is 4.54. The van der Waals surface area contributed by atoms with E-state index in [0.717, 1.165) is 31.1 Å². The number of carbonyl (C=O) groups is 1. The summed E-state index contributed by atoms with van der Waals surface area (Å²) in [6.45, 7) is 5.42. The summed E-state index contributed by atoms with van der Waals surface area (Å²) in [5.41, 5.74) is 0.202. The van der Waals surface area contributed by atoms with E-state index in [0.29, 0.717) is 6.42 Å². The number of hydrogen-bond acceptors (Lipinski definition) is 4. The van der Waals surface area contributed by atoms with Gasteiger partial charge in [-0.2, -0.15) is 0 Å². The van der Waals surface area contributed by atoms with Crippen molar-refractivity contribution < 1.29 is 9.53 Å². The van der Waals surface area contributed by atoms with Gasteiger partial charge in [-0.15, -0.1) is 0 Å². The molecule has 0 amide bonds. The number of rotatable bonds is 6. The summed E-state index contributed by atoms with van der Waals surface area (Å²) in [5, 5.41) is 3.22. The Hall–Kier alpha value is -1.39. The molecule has 0 radical (unpaired) electrons. The number of likely N-dealkylation sites (N-methyl/N-ethyl adjacent to an activating group) is 1. The number of nitrogens with one attached hydrogen (secondary N) is 1. The van der Waals surface area contributed by atoms with E-state index < -0.39 is 5.54 Å². The summed E-state index contributed by atoms with van der Waals surface area (Å²) in [7, 11) is 3.28. The van der Waals surface area contributed by atoms with E-state index in [1.807, 2.05) is 37.4 Å². The van der Waals surface area contributed by atoms with Crippen molar-refractivity contribution in [2.45, 2.75) is 25.3 Å². The van der Waals surface area contributed by atoms with E-state index in [1.54, 1.807) is 0 Å². The van der Waals surface area contributed by atoms with Crippen LogP contribution in [0, 0.1) is 5.92 Å². The van der Waals surface area contributed by atoms with Gasteiger partial charge >= 0.3 is 5.97 Å². The molecule has 1 aliphatic rings. The van der Waals surface area contributed by atoms with Gasteiger partial charge in [-0.25, -0.2) is 4.79 Å². The maximum Gasteiger partial charge on any atom is 0.330 e. The van der Waals surface area contributed by atoms with Crippen molar-refractivity contribution in [3.63, 3.8) is 0 Å². The molecular formula is C17H26N2O2. The van der Waals surface area contributed by atoms with E-state index in [1.165, 1.54) is 13.5 Å². The molecule has 1 aromatic rings. The fourth-order valence-electron chi connectivity index (χ4n) is 3.19. The summed E-state index contributed by atoms with van der Waals surface area (Å²) in [4.78, 5) is 14.9. The Labute approximate surface area is 127 Å². The van der Waals surface area contributed by atoms with Crippen LogP contribution in [-0.2, 0) is 15.1 Å². The third kappa shape index (κ3) is 3.44. The highest BCUT2D eigenvalue weighted by Crippen LogP contribution is 2.28. The minimum atomic E-state index is -0.762. The highest BCUT2D eigenvalue weighted by molar-refractivity contribution is 5.82. The minimum Gasteiger partial charge on any atom is -0.467 e. The third-order valence-electron chi connectivity index (χ3n) is 4.54. The van der Waals surface area contributed by atoms with Crippen LogP contribution in [0.15, 0.2) is 30.3 Å². The molecule has 1 aromatic carbocycles. The van der Waals surface area contributed by atoms with Crippen LogP contribution in [0.4, 0.5) is 0 Å². The molecule has 1 heterocycles. The maximum atomic E-state index is 12.4. The number of hydrogen-bond donors (Lipinski definition) is 1. The SMILES string of the molecule is CNC(CCN1CCC(C)C1)(C(=O)OC)c1ccccc1. The Bertz CT molecular complexity index is 463.